The number of imidazole rings is 1. The van der Waals surface area contributed by atoms with Crippen LogP contribution in [0.3, 0.4) is 0 Å². The zero-order valence-corrected chi connectivity index (χ0v) is 10.7. The fourth-order valence-electron chi connectivity index (χ4n) is 2.08. The number of ether oxygens (including phenoxy) is 2. The molecular formula is C12H10F2N4O2. The summed E-state index contributed by atoms with van der Waals surface area (Å²) in [5.41, 5.74) is 0.943. The number of fused-ring (bicyclic) bond motifs is 2. The van der Waals surface area contributed by atoms with E-state index < -0.39 is 6.29 Å². The molecule has 0 saturated carbocycles. The Morgan fingerprint density at radius 2 is 2.00 bits per heavy atom. The van der Waals surface area contributed by atoms with Crippen LogP contribution >= 0.6 is 0 Å². The van der Waals surface area contributed by atoms with Crippen LogP contribution < -0.4 is 9.47 Å². The molecule has 0 amide bonds. The summed E-state index contributed by atoms with van der Waals surface area (Å²) in [7, 11) is 3.65. The second kappa shape index (κ2) is 4.05. The number of nitrogens with zero attached hydrogens (tertiary/aromatic N) is 4. The van der Waals surface area contributed by atoms with Crippen LogP contribution in [-0.4, -0.2) is 34.8 Å². The van der Waals surface area contributed by atoms with E-state index in [4.69, 9.17) is 5.26 Å². The van der Waals surface area contributed by atoms with Gasteiger partial charge in [-0.15, -0.1) is 8.78 Å². The Balaban J connectivity index is 2.17. The molecule has 1 aromatic carbocycles. The van der Waals surface area contributed by atoms with Gasteiger partial charge in [0.25, 0.3) is 0 Å². The van der Waals surface area contributed by atoms with E-state index in [0.29, 0.717) is 17.7 Å². The second-order valence-electron chi connectivity index (χ2n) is 4.65. The van der Waals surface area contributed by atoms with E-state index in [-0.39, 0.29) is 17.3 Å². The zero-order chi connectivity index (χ0) is 14.5. The van der Waals surface area contributed by atoms with Gasteiger partial charge in [0.05, 0.1) is 17.7 Å². The van der Waals surface area contributed by atoms with Gasteiger partial charge < -0.3 is 14.0 Å². The van der Waals surface area contributed by atoms with Gasteiger partial charge in [-0.1, -0.05) is 0 Å². The summed E-state index contributed by atoms with van der Waals surface area (Å²) in [5.74, 6) is 0.0533. The van der Waals surface area contributed by atoms with Gasteiger partial charge in [0.15, 0.2) is 11.5 Å². The molecule has 1 aliphatic heterocycles. The number of rotatable bonds is 2. The number of hydrogen-bond acceptors (Lipinski definition) is 5. The lowest BCUT2D eigenvalue weighted by molar-refractivity contribution is -0.286. The Labute approximate surface area is 112 Å². The third kappa shape index (κ3) is 1.92. The highest BCUT2D eigenvalue weighted by Crippen LogP contribution is 2.43. The van der Waals surface area contributed by atoms with Crippen molar-refractivity contribution in [3.8, 4) is 17.6 Å². The fourth-order valence-corrected chi connectivity index (χ4v) is 2.08. The first-order chi connectivity index (χ1) is 9.39. The van der Waals surface area contributed by atoms with Gasteiger partial charge >= 0.3 is 6.29 Å². The molecule has 0 aliphatic carbocycles. The maximum Gasteiger partial charge on any atom is 0.586 e. The number of benzene rings is 1. The highest BCUT2D eigenvalue weighted by Gasteiger charge is 2.43. The van der Waals surface area contributed by atoms with Crippen LogP contribution in [0.15, 0.2) is 12.1 Å². The normalized spacial score (nSPS) is 15.8. The van der Waals surface area contributed by atoms with E-state index >= 15 is 0 Å². The molecule has 0 atom stereocenters. The van der Waals surface area contributed by atoms with E-state index in [9.17, 15) is 8.78 Å². The minimum absolute atomic E-state index is 0.0631. The molecule has 0 N–H and O–H groups in total. The lowest BCUT2D eigenvalue weighted by Crippen LogP contribution is -2.25. The number of nitriles is 1. The van der Waals surface area contributed by atoms with Crippen LogP contribution in [0.25, 0.3) is 11.0 Å². The van der Waals surface area contributed by atoms with Gasteiger partial charge in [-0.2, -0.15) is 5.26 Å². The van der Waals surface area contributed by atoms with Crippen LogP contribution in [0.1, 0.15) is 5.82 Å². The fraction of sp³-hybridized carbons (Fsp3) is 0.333. The molecule has 6 nitrogen and oxygen atoms in total. The largest absolute Gasteiger partial charge is 0.586 e. The summed E-state index contributed by atoms with van der Waals surface area (Å²) in [4.78, 5) is 5.94. The third-order valence-corrected chi connectivity index (χ3v) is 2.80. The summed E-state index contributed by atoms with van der Waals surface area (Å²) in [6, 6.07) is 4.73. The maximum atomic E-state index is 13.0. The number of halogens is 2. The molecule has 1 aliphatic rings. The lowest BCUT2D eigenvalue weighted by Gasteiger charge is -2.12. The second-order valence-corrected chi connectivity index (χ2v) is 4.65. The van der Waals surface area contributed by atoms with Crippen LogP contribution in [0, 0.1) is 11.3 Å². The molecule has 0 radical (unpaired) electrons. The Morgan fingerprint density at radius 1 is 1.35 bits per heavy atom. The smallest absolute Gasteiger partial charge is 0.395 e. The van der Waals surface area contributed by atoms with Crippen LogP contribution in [0.5, 0.6) is 11.5 Å². The van der Waals surface area contributed by atoms with Gasteiger partial charge in [0.1, 0.15) is 6.07 Å². The van der Waals surface area contributed by atoms with Crippen molar-refractivity contribution in [3.63, 3.8) is 0 Å². The van der Waals surface area contributed by atoms with E-state index in [1.54, 1.807) is 4.57 Å². The highest BCUT2D eigenvalue weighted by atomic mass is 19.3. The van der Waals surface area contributed by atoms with Gasteiger partial charge in [-0.25, -0.2) is 4.98 Å². The molecule has 0 unspecified atom stereocenters. The molecule has 0 bridgehead atoms. The van der Waals surface area contributed by atoms with Crippen molar-refractivity contribution in [2.45, 2.75) is 13.0 Å². The first kappa shape index (κ1) is 12.6. The average Bonchev–Trinajstić information content (AvgIpc) is 2.81. The molecule has 0 saturated heterocycles. The molecule has 104 valence electrons. The lowest BCUT2D eigenvalue weighted by atomic mass is 10.3. The summed E-state index contributed by atoms with van der Waals surface area (Å²) in [6.07, 6.45) is -3.66. The Morgan fingerprint density at radius 3 is 2.60 bits per heavy atom. The first-order valence-corrected chi connectivity index (χ1v) is 5.74. The van der Waals surface area contributed by atoms with E-state index in [1.165, 1.54) is 12.1 Å². The topological polar surface area (TPSA) is 63.3 Å². The predicted molar refractivity (Wildman–Crippen MR) is 64.3 cm³/mol. The minimum atomic E-state index is -3.66. The highest BCUT2D eigenvalue weighted by molar-refractivity contribution is 5.81. The van der Waals surface area contributed by atoms with Crippen molar-refractivity contribution in [2.24, 2.45) is 0 Å². The monoisotopic (exact) mass is 280 g/mol. The van der Waals surface area contributed by atoms with Crippen molar-refractivity contribution in [1.29, 1.82) is 5.26 Å². The van der Waals surface area contributed by atoms with Crippen molar-refractivity contribution in [3.05, 3.63) is 18.0 Å². The summed E-state index contributed by atoms with van der Waals surface area (Å²) < 4.78 is 36.4. The Kier molecular flexibility index (Phi) is 2.55. The molecule has 0 fully saturated rings. The van der Waals surface area contributed by atoms with Crippen molar-refractivity contribution < 1.29 is 18.3 Å². The molecule has 20 heavy (non-hydrogen) atoms. The number of alkyl halides is 2. The molecule has 2 heterocycles. The minimum Gasteiger partial charge on any atom is -0.395 e. The standard InChI is InChI=1S/C12H10F2N4O2/c1-17(2)6-18-8-4-10-9(19-12(13,14)20-10)3-7(8)16-11(18)5-15/h3-4H,6H2,1-2H3. The van der Waals surface area contributed by atoms with Crippen molar-refractivity contribution >= 4 is 11.0 Å². The quantitative estimate of drug-likeness (QED) is 0.838. The van der Waals surface area contributed by atoms with E-state index in [1.807, 2.05) is 25.1 Å². The average molecular weight is 280 g/mol. The van der Waals surface area contributed by atoms with Crippen LogP contribution in [-0.2, 0) is 6.67 Å². The molecular weight excluding hydrogens is 270 g/mol. The molecule has 2 aromatic rings. The first-order valence-electron chi connectivity index (χ1n) is 5.74. The number of hydrogen-bond donors (Lipinski definition) is 0. The summed E-state index contributed by atoms with van der Waals surface area (Å²) in [6.45, 7) is 0.398. The zero-order valence-electron chi connectivity index (χ0n) is 10.7. The molecule has 1 aromatic heterocycles. The molecule has 3 rings (SSSR count). The van der Waals surface area contributed by atoms with Crippen LogP contribution in [0.2, 0.25) is 0 Å². The summed E-state index contributed by atoms with van der Waals surface area (Å²) >= 11 is 0. The van der Waals surface area contributed by atoms with E-state index in [0.717, 1.165) is 0 Å². The maximum absolute atomic E-state index is 13.0. The Hall–Kier alpha value is -2.40. The van der Waals surface area contributed by atoms with Crippen molar-refractivity contribution in [1.82, 2.24) is 14.5 Å². The molecule has 8 heteroatoms. The van der Waals surface area contributed by atoms with Gasteiger partial charge in [0, 0.05) is 12.1 Å². The van der Waals surface area contributed by atoms with Gasteiger partial charge in [-0.05, 0) is 14.1 Å². The molecule has 0 spiro atoms. The third-order valence-electron chi connectivity index (χ3n) is 2.80. The predicted octanol–water partition coefficient (Wildman–Crippen LogP) is 1.75. The van der Waals surface area contributed by atoms with E-state index in [2.05, 4.69) is 14.5 Å². The SMILES string of the molecule is CN(C)Cn1c(C#N)nc2cc3c(cc21)OC(F)(F)O3. The van der Waals surface area contributed by atoms with Crippen molar-refractivity contribution in [2.75, 3.05) is 14.1 Å². The van der Waals surface area contributed by atoms with Gasteiger partial charge in [0.2, 0.25) is 5.82 Å². The van der Waals surface area contributed by atoms with Gasteiger partial charge in [-0.3, -0.25) is 4.90 Å². The summed E-state index contributed by atoms with van der Waals surface area (Å²) in [5, 5.41) is 9.09. The Bertz CT molecular complexity index is 733. The van der Waals surface area contributed by atoms with Crippen LogP contribution in [0.4, 0.5) is 8.78 Å². The number of aromatic nitrogens is 2.